The van der Waals surface area contributed by atoms with Gasteiger partial charge in [-0.1, -0.05) is 6.92 Å². The molecule has 1 atom stereocenters. The molecule has 1 aromatic heterocycles. The maximum absolute atomic E-state index is 11.5. The Balaban J connectivity index is 2.51. The predicted octanol–water partition coefficient (Wildman–Crippen LogP) is 2.31. The number of carbonyl (C=O) groups excluding carboxylic acids is 1. The fourth-order valence-electron chi connectivity index (χ4n) is 1.12. The van der Waals surface area contributed by atoms with Crippen molar-refractivity contribution in [3.05, 3.63) is 24.0 Å². The van der Waals surface area contributed by atoms with E-state index in [1.165, 1.54) is 0 Å². The lowest BCUT2D eigenvalue weighted by Gasteiger charge is -2.12. The number of hydrogen-bond acceptors (Lipinski definition) is 2. The van der Waals surface area contributed by atoms with Crippen LogP contribution >= 0.6 is 0 Å². The van der Waals surface area contributed by atoms with Crippen molar-refractivity contribution in [2.45, 2.75) is 33.2 Å². The van der Waals surface area contributed by atoms with Gasteiger partial charge in [0.25, 0.3) is 0 Å². The molecule has 0 aliphatic heterocycles. The van der Waals surface area contributed by atoms with Crippen molar-refractivity contribution >= 4 is 11.7 Å². The number of carbonyl (C=O) groups is 1. The van der Waals surface area contributed by atoms with Crippen LogP contribution in [-0.2, 0) is 0 Å². The van der Waals surface area contributed by atoms with Crippen molar-refractivity contribution in [1.82, 2.24) is 10.3 Å². The number of anilines is 1. The molecule has 0 bridgehead atoms. The molecule has 1 aromatic rings. The molecule has 15 heavy (non-hydrogen) atoms. The highest BCUT2D eigenvalue weighted by Gasteiger charge is 2.04. The summed E-state index contributed by atoms with van der Waals surface area (Å²) in [5, 5.41) is 5.58. The van der Waals surface area contributed by atoms with E-state index >= 15 is 0 Å². The van der Waals surface area contributed by atoms with Gasteiger partial charge in [0.15, 0.2) is 0 Å². The minimum absolute atomic E-state index is 0.171. The molecular formula is C11H17N3O. The van der Waals surface area contributed by atoms with Gasteiger partial charge in [0, 0.05) is 23.6 Å². The topological polar surface area (TPSA) is 54.0 Å². The lowest BCUT2D eigenvalue weighted by Crippen LogP contribution is -2.35. The molecule has 82 valence electrons. The third-order valence-electron chi connectivity index (χ3n) is 2.14. The quantitative estimate of drug-likeness (QED) is 0.799. The van der Waals surface area contributed by atoms with E-state index in [9.17, 15) is 4.79 Å². The Morgan fingerprint density at radius 2 is 2.33 bits per heavy atom. The number of rotatable bonds is 3. The smallest absolute Gasteiger partial charge is 0.319 e. The number of urea groups is 1. The minimum Gasteiger partial charge on any atom is -0.335 e. The Hall–Kier alpha value is -1.58. The third kappa shape index (κ3) is 3.97. The highest BCUT2D eigenvalue weighted by Crippen LogP contribution is 2.06. The Bertz CT molecular complexity index is 338. The van der Waals surface area contributed by atoms with Crippen molar-refractivity contribution in [3.63, 3.8) is 0 Å². The monoisotopic (exact) mass is 207 g/mol. The molecule has 1 unspecified atom stereocenters. The lowest BCUT2D eigenvalue weighted by molar-refractivity contribution is 0.249. The number of nitrogens with one attached hydrogen (secondary N) is 2. The van der Waals surface area contributed by atoms with Gasteiger partial charge in [-0.25, -0.2) is 4.79 Å². The Kier molecular flexibility index (Phi) is 4.09. The second-order valence-electron chi connectivity index (χ2n) is 3.59. The van der Waals surface area contributed by atoms with Gasteiger partial charge in [-0.3, -0.25) is 4.98 Å². The number of pyridine rings is 1. The van der Waals surface area contributed by atoms with Crippen molar-refractivity contribution in [2.75, 3.05) is 5.32 Å². The zero-order chi connectivity index (χ0) is 11.3. The average Bonchev–Trinajstić information content (AvgIpc) is 2.17. The fourth-order valence-corrected chi connectivity index (χ4v) is 1.12. The summed E-state index contributed by atoms with van der Waals surface area (Å²) in [6.07, 6.45) is 2.59. The maximum atomic E-state index is 11.5. The van der Waals surface area contributed by atoms with Gasteiger partial charge in [0.05, 0.1) is 0 Å². The first-order valence-electron chi connectivity index (χ1n) is 5.12. The third-order valence-corrected chi connectivity index (χ3v) is 2.14. The summed E-state index contributed by atoms with van der Waals surface area (Å²) in [4.78, 5) is 15.5. The van der Waals surface area contributed by atoms with E-state index in [0.717, 1.165) is 17.8 Å². The van der Waals surface area contributed by atoms with Gasteiger partial charge < -0.3 is 10.6 Å². The molecule has 0 saturated carbocycles. The molecule has 0 saturated heterocycles. The highest BCUT2D eigenvalue weighted by atomic mass is 16.2. The summed E-state index contributed by atoms with van der Waals surface area (Å²) in [5.74, 6) is 0. The number of aryl methyl sites for hydroxylation is 1. The maximum Gasteiger partial charge on any atom is 0.319 e. The first kappa shape index (κ1) is 11.5. The Morgan fingerprint density at radius 1 is 1.60 bits per heavy atom. The molecule has 1 rings (SSSR count). The van der Waals surface area contributed by atoms with Crippen molar-refractivity contribution < 1.29 is 4.79 Å². The fraction of sp³-hybridized carbons (Fsp3) is 0.455. The molecule has 0 spiro atoms. The van der Waals surface area contributed by atoms with E-state index in [0.29, 0.717) is 0 Å². The van der Waals surface area contributed by atoms with Crippen LogP contribution in [0.3, 0.4) is 0 Å². The molecule has 4 heteroatoms. The van der Waals surface area contributed by atoms with Crippen LogP contribution in [0.4, 0.5) is 10.5 Å². The number of nitrogens with zero attached hydrogens (tertiary/aromatic N) is 1. The Labute approximate surface area is 90.1 Å². The highest BCUT2D eigenvalue weighted by molar-refractivity contribution is 5.89. The number of hydrogen-bond donors (Lipinski definition) is 2. The average molecular weight is 207 g/mol. The van der Waals surface area contributed by atoms with Gasteiger partial charge >= 0.3 is 6.03 Å². The van der Waals surface area contributed by atoms with Gasteiger partial charge in [-0.2, -0.15) is 0 Å². The minimum atomic E-state index is -0.171. The molecular weight excluding hydrogens is 190 g/mol. The summed E-state index contributed by atoms with van der Waals surface area (Å²) >= 11 is 0. The first-order valence-corrected chi connectivity index (χ1v) is 5.12. The van der Waals surface area contributed by atoms with E-state index in [1.54, 1.807) is 12.3 Å². The van der Waals surface area contributed by atoms with Crippen molar-refractivity contribution in [3.8, 4) is 0 Å². The summed E-state index contributed by atoms with van der Waals surface area (Å²) in [6.45, 7) is 5.89. The van der Waals surface area contributed by atoms with Crippen LogP contribution in [0, 0.1) is 6.92 Å². The van der Waals surface area contributed by atoms with Crippen LogP contribution in [0.25, 0.3) is 0 Å². The zero-order valence-electron chi connectivity index (χ0n) is 9.37. The van der Waals surface area contributed by atoms with Crippen LogP contribution in [0.5, 0.6) is 0 Å². The standard InChI is InChI=1S/C11H17N3O/c1-4-8(2)13-11(15)14-10-5-6-12-9(3)7-10/h5-8H,4H2,1-3H3,(H2,12,13,14,15). The molecule has 4 nitrogen and oxygen atoms in total. The van der Waals surface area contributed by atoms with Crippen molar-refractivity contribution in [2.24, 2.45) is 0 Å². The normalized spacial score (nSPS) is 11.9. The molecule has 1 heterocycles. The SMILES string of the molecule is CCC(C)NC(=O)Nc1ccnc(C)c1. The van der Waals surface area contributed by atoms with Crippen LogP contribution in [-0.4, -0.2) is 17.1 Å². The summed E-state index contributed by atoms with van der Waals surface area (Å²) in [5.41, 5.74) is 1.65. The van der Waals surface area contributed by atoms with Gasteiger partial charge in [0.2, 0.25) is 0 Å². The van der Waals surface area contributed by atoms with Crippen LogP contribution < -0.4 is 10.6 Å². The zero-order valence-corrected chi connectivity index (χ0v) is 9.37. The second-order valence-corrected chi connectivity index (χ2v) is 3.59. The van der Waals surface area contributed by atoms with Crippen LogP contribution in [0.2, 0.25) is 0 Å². The number of amides is 2. The van der Waals surface area contributed by atoms with Crippen LogP contribution in [0.15, 0.2) is 18.3 Å². The van der Waals surface area contributed by atoms with Crippen LogP contribution in [0.1, 0.15) is 26.0 Å². The second kappa shape index (κ2) is 5.34. The van der Waals surface area contributed by atoms with Gasteiger partial charge in [-0.15, -0.1) is 0 Å². The molecule has 0 fully saturated rings. The summed E-state index contributed by atoms with van der Waals surface area (Å²) < 4.78 is 0. The molecule has 0 radical (unpaired) electrons. The first-order chi connectivity index (χ1) is 7.11. The van der Waals surface area contributed by atoms with E-state index in [4.69, 9.17) is 0 Å². The van der Waals surface area contributed by atoms with E-state index < -0.39 is 0 Å². The van der Waals surface area contributed by atoms with E-state index in [-0.39, 0.29) is 12.1 Å². The van der Waals surface area contributed by atoms with E-state index in [2.05, 4.69) is 15.6 Å². The van der Waals surface area contributed by atoms with Gasteiger partial charge in [0.1, 0.15) is 0 Å². The van der Waals surface area contributed by atoms with Gasteiger partial charge in [-0.05, 0) is 32.4 Å². The molecule has 0 aliphatic rings. The Morgan fingerprint density at radius 3 is 2.93 bits per heavy atom. The summed E-state index contributed by atoms with van der Waals surface area (Å²) in [7, 11) is 0. The van der Waals surface area contributed by atoms with Crippen molar-refractivity contribution in [1.29, 1.82) is 0 Å². The predicted molar refractivity (Wildman–Crippen MR) is 60.9 cm³/mol. The largest absolute Gasteiger partial charge is 0.335 e. The molecule has 0 aromatic carbocycles. The molecule has 2 N–H and O–H groups in total. The summed E-state index contributed by atoms with van der Waals surface area (Å²) in [6, 6.07) is 3.61. The number of aromatic nitrogens is 1. The van der Waals surface area contributed by atoms with E-state index in [1.807, 2.05) is 26.8 Å². The molecule has 0 aliphatic carbocycles. The molecule has 2 amide bonds. The lowest BCUT2D eigenvalue weighted by atomic mass is 10.3.